The standard InChI is InChI=1S/C22H22Cl2N2O/c23-18-8-6-15(10-19(18)24)17-11-16-7-9-21-22(17)20(12-26(16)21)25-27-13-14-4-2-1-3-5-14/h1-6,8,10,16-17,21-22H,7,9,11-13H2/t16-,17+,21+,22-/m0/s1. The van der Waals surface area contributed by atoms with Gasteiger partial charge >= 0.3 is 0 Å². The highest BCUT2D eigenvalue weighted by Crippen LogP contribution is 2.51. The van der Waals surface area contributed by atoms with Crippen LogP contribution in [0.5, 0.6) is 0 Å². The maximum atomic E-state index is 6.31. The number of rotatable bonds is 4. The first-order valence-electron chi connectivity index (χ1n) is 9.64. The van der Waals surface area contributed by atoms with E-state index in [0.717, 1.165) is 18.5 Å². The van der Waals surface area contributed by atoms with Gasteiger partial charge in [0.25, 0.3) is 0 Å². The molecule has 3 fully saturated rings. The van der Waals surface area contributed by atoms with Gasteiger partial charge in [-0.3, -0.25) is 4.90 Å². The van der Waals surface area contributed by atoms with Crippen molar-refractivity contribution in [3.05, 3.63) is 69.7 Å². The minimum atomic E-state index is 0.414. The van der Waals surface area contributed by atoms with Gasteiger partial charge in [-0.05, 0) is 48.4 Å². The average Bonchev–Trinajstić information content (AvgIpc) is 3.10. The van der Waals surface area contributed by atoms with Crippen LogP contribution in [0.3, 0.4) is 0 Å². The van der Waals surface area contributed by atoms with E-state index >= 15 is 0 Å². The van der Waals surface area contributed by atoms with Crippen LogP contribution in [-0.2, 0) is 11.4 Å². The van der Waals surface area contributed by atoms with Gasteiger partial charge in [-0.2, -0.15) is 0 Å². The highest BCUT2D eigenvalue weighted by Gasteiger charge is 2.54. The van der Waals surface area contributed by atoms with E-state index in [9.17, 15) is 0 Å². The molecule has 0 saturated carbocycles. The van der Waals surface area contributed by atoms with E-state index in [1.54, 1.807) is 0 Å². The van der Waals surface area contributed by atoms with E-state index in [-0.39, 0.29) is 0 Å². The minimum absolute atomic E-state index is 0.414. The molecule has 3 saturated heterocycles. The zero-order valence-corrected chi connectivity index (χ0v) is 16.5. The molecule has 5 rings (SSSR count). The molecule has 0 N–H and O–H groups in total. The first-order chi connectivity index (χ1) is 13.2. The Balaban J connectivity index is 1.40. The van der Waals surface area contributed by atoms with Gasteiger partial charge in [-0.1, -0.05) is 64.8 Å². The lowest BCUT2D eigenvalue weighted by Gasteiger charge is -2.36. The molecular formula is C22H22Cl2N2O. The van der Waals surface area contributed by atoms with Crippen molar-refractivity contribution in [2.24, 2.45) is 11.1 Å². The van der Waals surface area contributed by atoms with Crippen molar-refractivity contribution in [3.63, 3.8) is 0 Å². The molecule has 2 aromatic rings. The summed E-state index contributed by atoms with van der Waals surface area (Å²) in [5.41, 5.74) is 3.61. The Hall–Kier alpha value is -1.55. The van der Waals surface area contributed by atoms with Gasteiger partial charge < -0.3 is 4.84 Å². The third-order valence-corrected chi connectivity index (χ3v) is 7.16. The Morgan fingerprint density at radius 3 is 2.70 bits per heavy atom. The van der Waals surface area contributed by atoms with E-state index in [1.807, 2.05) is 30.3 Å². The molecule has 1 unspecified atom stereocenters. The topological polar surface area (TPSA) is 24.8 Å². The lowest BCUT2D eigenvalue weighted by Crippen LogP contribution is -2.40. The second-order valence-corrected chi connectivity index (χ2v) is 8.67. The van der Waals surface area contributed by atoms with Gasteiger partial charge in [-0.25, -0.2) is 0 Å². The summed E-state index contributed by atoms with van der Waals surface area (Å²) in [4.78, 5) is 8.40. The monoisotopic (exact) mass is 400 g/mol. The average molecular weight is 401 g/mol. The number of hydrogen-bond acceptors (Lipinski definition) is 3. The van der Waals surface area contributed by atoms with Crippen LogP contribution in [0.25, 0.3) is 0 Å². The number of halogens is 2. The highest BCUT2D eigenvalue weighted by atomic mass is 35.5. The number of oxime groups is 1. The second-order valence-electron chi connectivity index (χ2n) is 7.85. The Bertz CT molecular complexity index is 870. The highest BCUT2D eigenvalue weighted by molar-refractivity contribution is 6.42. The summed E-state index contributed by atoms with van der Waals surface area (Å²) in [6, 6.07) is 17.5. The summed E-state index contributed by atoms with van der Waals surface area (Å²) >= 11 is 12.5. The predicted molar refractivity (Wildman–Crippen MR) is 109 cm³/mol. The van der Waals surface area contributed by atoms with Crippen LogP contribution in [0.4, 0.5) is 0 Å². The van der Waals surface area contributed by atoms with E-state index in [0.29, 0.717) is 40.6 Å². The van der Waals surface area contributed by atoms with E-state index in [1.165, 1.54) is 24.1 Å². The third kappa shape index (κ3) is 3.16. The van der Waals surface area contributed by atoms with Crippen molar-refractivity contribution in [2.75, 3.05) is 6.54 Å². The van der Waals surface area contributed by atoms with E-state index in [4.69, 9.17) is 28.0 Å². The third-order valence-electron chi connectivity index (χ3n) is 6.42. The first kappa shape index (κ1) is 17.5. The molecule has 5 heteroatoms. The summed E-state index contributed by atoms with van der Waals surface area (Å²) in [7, 11) is 0. The molecule has 4 bridgehead atoms. The van der Waals surface area contributed by atoms with Gasteiger partial charge in [-0.15, -0.1) is 0 Å². The van der Waals surface area contributed by atoms with Gasteiger partial charge in [0.1, 0.15) is 6.61 Å². The molecule has 0 amide bonds. The molecule has 3 heterocycles. The number of hydrogen-bond donors (Lipinski definition) is 0. The fourth-order valence-corrected chi connectivity index (χ4v) is 5.55. The number of nitrogens with zero attached hydrogens (tertiary/aromatic N) is 2. The molecule has 3 nitrogen and oxygen atoms in total. The Kier molecular flexibility index (Phi) is 4.63. The lowest BCUT2D eigenvalue weighted by molar-refractivity contribution is 0.128. The molecular weight excluding hydrogens is 379 g/mol. The molecule has 2 aromatic carbocycles. The van der Waals surface area contributed by atoms with Crippen LogP contribution in [0.1, 0.15) is 36.3 Å². The van der Waals surface area contributed by atoms with E-state index in [2.05, 4.69) is 28.3 Å². The van der Waals surface area contributed by atoms with Gasteiger partial charge in [0, 0.05) is 24.5 Å². The summed E-state index contributed by atoms with van der Waals surface area (Å²) in [5, 5.41) is 5.87. The molecule has 140 valence electrons. The van der Waals surface area contributed by atoms with Crippen molar-refractivity contribution in [2.45, 2.75) is 43.9 Å². The minimum Gasteiger partial charge on any atom is -0.391 e. The van der Waals surface area contributed by atoms with Crippen molar-refractivity contribution in [1.29, 1.82) is 0 Å². The molecule has 5 atom stereocenters. The molecule has 0 radical (unpaired) electrons. The van der Waals surface area contributed by atoms with Gasteiger partial charge in [0.05, 0.1) is 15.8 Å². The quantitative estimate of drug-likeness (QED) is 0.631. The summed E-state index contributed by atoms with van der Waals surface area (Å²) in [5.74, 6) is 0.854. The first-order valence-corrected chi connectivity index (χ1v) is 10.4. The zero-order chi connectivity index (χ0) is 18.4. The van der Waals surface area contributed by atoms with Crippen molar-refractivity contribution in [1.82, 2.24) is 4.90 Å². The fraction of sp³-hybridized carbons (Fsp3) is 0.409. The predicted octanol–water partition coefficient (Wildman–Crippen LogP) is 5.52. The van der Waals surface area contributed by atoms with Crippen LogP contribution < -0.4 is 0 Å². The fourth-order valence-electron chi connectivity index (χ4n) is 5.25. The van der Waals surface area contributed by atoms with Crippen LogP contribution in [0, 0.1) is 5.92 Å². The Labute approximate surface area is 169 Å². The van der Waals surface area contributed by atoms with Gasteiger partial charge in [0.2, 0.25) is 0 Å². The van der Waals surface area contributed by atoms with Crippen molar-refractivity contribution in [3.8, 4) is 0 Å². The molecule has 0 aliphatic carbocycles. The number of piperidine rings is 1. The largest absolute Gasteiger partial charge is 0.391 e. The molecule has 27 heavy (non-hydrogen) atoms. The number of benzene rings is 2. The summed E-state index contributed by atoms with van der Waals surface area (Å²) < 4.78 is 0. The Morgan fingerprint density at radius 1 is 1.04 bits per heavy atom. The van der Waals surface area contributed by atoms with Gasteiger partial charge in [0.15, 0.2) is 0 Å². The van der Waals surface area contributed by atoms with Crippen LogP contribution >= 0.6 is 23.2 Å². The SMILES string of the molecule is Clc1ccc([C@H]2C[C@@H]3CC[C@@H]4[C@@H]2C(=NOCc2ccccc2)CN34)cc1Cl. The maximum absolute atomic E-state index is 6.31. The maximum Gasteiger partial charge on any atom is 0.142 e. The van der Waals surface area contributed by atoms with Crippen molar-refractivity contribution >= 4 is 28.9 Å². The van der Waals surface area contributed by atoms with E-state index < -0.39 is 0 Å². The van der Waals surface area contributed by atoms with Crippen LogP contribution in [0.15, 0.2) is 53.7 Å². The van der Waals surface area contributed by atoms with Crippen molar-refractivity contribution < 1.29 is 4.84 Å². The smallest absolute Gasteiger partial charge is 0.142 e. The lowest BCUT2D eigenvalue weighted by atomic mass is 9.77. The normalized spacial score (nSPS) is 32.8. The van der Waals surface area contributed by atoms with Crippen LogP contribution in [0.2, 0.25) is 10.0 Å². The molecule has 0 spiro atoms. The summed E-state index contributed by atoms with van der Waals surface area (Å²) in [6.07, 6.45) is 3.71. The zero-order valence-electron chi connectivity index (χ0n) is 15.0. The second kappa shape index (κ2) is 7.12. The Morgan fingerprint density at radius 2 is 1.89 bits per heavy atom. The van der Waals surface area contributed by atoms with Crippen LogP contribution in [-0.4, -0.2) is 29.2 Å². The molecule has 0 aromatic heterocycles. The summed E-state index contributed by atoms with van der Waals surface area (Å²) in [6.45, 7) is 1.45. The molecule has 3 aliphatic heterocycles. The molecule has 3 aliphatic rings.